The summed E-state index contributed by atoms with van der Waals surface area (Å²) in [6.45, 7) is 3.78. The molecule has 0 atom stereocenters. The van der Waals surface area contributed by atoms with Crippen molar-refractivity contribution in [1.29, 1.82) is 0 Å². The van der Waals surface area contributed by atoms with Gasteiger partial charge in [-0.2, -0.15) is 0 Å². The molecule has 2 aliphatic heterocycles. The summed E-state index contributed by atoms with van der Waals surface area (Å²) in [5, 5.41) is 23.4. The van der Waals surface area contributed by atoms with Gasteiger partial charge in [0, 0.05) is 22.9 Å². The van der Waals surface area contributed by atoms with Crippen molar-refractivity contribution >= 4 is 23.2 Å². The van der Waals surface area contributed by atoms with Crippen LogP contribution in [0.5, 0.6) is 0 Å². The van der Waals surface area contributed by atoms with E-state index in [0.717, 1.165) is 32.5 Å². The largest absolute Gasteiger partial charge is 0.282 e. The van der Waals surface area contributed by atoms with Crippen LogP contribution in [0.2, 0.25) is 0 Å². The maximum absolute atomic E-state index is 10.8. The molecule has 0 unspecified atom stereocenters. The fraction of sp³-hybridized carbons (Fsp3) is 0.105. The molecule has 0 fully saturated rings. The van der Waals surface area contributed by atoms with Gasteiger partial charge in [-0.25, -0.2) is 10.1 Å². The predicted octanol–water partition coefficient (Wildman–Crippen LogP) is 4.16. The number of hydroxylamine groups is 4. The molecule has 2 N–H and O–H groups in total. The topological polar surface area (TPSA) is 59.3 Å². The highest BCUT2D eigenvalue weighted by Crippen LogP contribution is 2.41. The zero-order valence-corrected chi connectivity index (χ0v) is 13.4. The van der Waals surface area contributed by atoms with Crippen LogP contribution in [-0.2, 0) is 0 Å². The molecule has 0 saturated carbocycles. The zero-order valence-electron chi connectivity index (χ0n) is 13.4. The number of benzene rings is 2. The molecule has 0 radical (unpaired) electrons. The van der Waals surface area contributed by atoms with Gasteiger partial charge >= 0.3 is 0 Å². The number of fused-ring (bicyclic) bond motifs is 1. The molecule has 4 rings (SSSR count). The van der Waals surface area contributed by atoms with Crippen molar-refractivity contribution in [1.82, 2.24) is 10.1 Å². The van der Waals surface area contributed by atoms with E-state index in [2.05, 4.69) is 4.99 Å². The lowest BCUT2D eigenvalue weighted by Gasteiger charge is -2.19. The second-order valence-corrected chi connectivity index (χ2v) is 5.94. The Morgan fingerprint density at radius 2 is 1.58 bits per heavy atom. The Morgan fingerprint density at radius 3 is 2.33 bits per heavy atom. The summed E-state index contributed by atoms with van der Waals surface area (Å²) < 4.78 is 0. The smallest absolute Gasteiger partial charge is 0.172 e. The van der Waals surface area contributed by atoms with Gasteiger partial charge in [-0.3, -0.25) is 15.4 Å². The Balaban J connectivity index is 1.84. The molecule has 0 aliphatic carbocycles. The van der Waals surface area contributed by atoms with Crippen LogP contribution in [0.4, 0.5) is 5.69 Å². The summed E-state index contributed by atoms with van der Waals surface area (Å²) in [6, 6.07) is 15.4. The summed E-state index contributed by atoms with van der Waals surface area (Å²) in [4.78, 5) is 4.35. The minimum Gasteiger partial charge on any atom is -0.282 e. The molecule has 0 amide bonds. The molecule has 0 bridgehead atoms. The van der Waals surface area contributed by atoms with E-state index in [-0.39, 0.29) is 5.82 Å². The van der Waals surface area contributed by atoms with Crippen molar-refractivity contribution in [2.45, 2.75) is 13.8 Å². The fourth-order valence-corrected chi connectivity index (χ4v) is 3.07. The number of nitrogens with zero attached hydrogens (tertiary/aromatic N) is 3. The molecular formula is C19H17N3O2. The van der Waals surface area contributed by atoms with Gasteiger partial charge in [0.1, 0.15) is 5.70 Å². The van der Waals surface area contributed by atoms with Crippen molar-refractivity contribution in [2.24, 2.45) is 4.99 Å². The Hall–Kier alpha value is -2.89. The van der Waals surface area contributed by atoms with E-state index in [1.807, 2.05) is 55.5 Å². The molecule has 2 heterocycles. The second kappa shape index (κ2) is 5.33. The van der Waals surface area contributed by atoms with Crippen LogP contribution in [0.15, 0.2) is 65.0 Å². The summed E-state index contributed by atoms with van der Waals surface area (Å²) in [5.41, 5.74) is 5.46. The normalized spacial score (nSPS) is 19.5. The van der Waals surface area contributed by atoms with Gasteiger partial charge in [-0.05, 0) is 19.9 Å². The van der Waals surface area contributed by atoms with Crippen LogP contribution < -0.4 is 0 Å². The van der Waals surface area contributed by atoms with Crippen LogP contribution in [0, 0.1) is 6.92 Å². The molecule has 5 heteroatoms. The first-order valence-corrected chi connectivity index (χ1v) is 7.71. The van der Waals surface area contributed by atoms with Crippen LogP contribution >= 0.6 is 0 Å². The van der Waals surface area contributed by atoms with E-state index in [4.69, 9.17) is 0 Å². The number of aliphatic imine (C=N–C) groups is 1. The third-order valence-corrected chi connectivity index (χ3v) is 4.37. The summed E-state index contributed by atoms with van der Waals surface area (Å²) >= 11 is 0. The fourth-order valence-electron chi connectivity index (χ4n) is 3.07. The molecular weight excluding hydrogens is 302 g/mol. The van der Waals surface area contributed by atoms with E-state index in [9.17, 15) is 10.4 Å². The standard InChI is InChI=1S/C19H17N3O2/c1-12-7-9-14(10-8-12)18-13(2)21(23)19(22(18)24)16-11-20-17-6-4-3-5-15(16)17/h3-11,23-24H,1-2H3/b19-16+. The molecule has 0 saturated heterocycles. The maximum atomic E-state index is 10.8. The third-order valence-electron chi connectivity index (χ3n) is 4.37. The lowest BCUT2D eigenvalue weighted by molar-refractivity contribution is -0.0796. The molecule has 24 heavy (non-hydrogen) atoms. The highest BCUT2D eigenvalue weighted by molar-refractivity contribution is 6.17. The van der Waals surface area contributed by atoms with E-state index in [0.29, 0.717) is 17.0 Å². The highest BCUT2D eigenvalue weighted by atomic mass is 16.6. The molecule has 0 spiro atoms. The van der Waals surface area contributed by atoms with Crippen molar-refractivity contribution < 1.29 is 10.4 Å². The van der Waals surface area contributed by atoms with Crippen LogP contribution in [0.25, 0.3) is 11.3 Å². The van der Waals surface area contributed by atoms with E-state index in [1.165, 1.54) is 0 Å². The quantitative estimate of drug-likeness (QED) is 0.828. The van der Waals surface area contributed by atoms with Gasteiger partial charge in [-0.1, -0.05) is 48.0 Å². The predicted molar refractivity (Wildman–Crippen MR) is 92.5 cm³/mol. The lowest BCUT2D eigenvalue weighted by Crippen LogP contribution is -2.21. The Bertz CT molecular complexity index is 910. The highest BCUT2D eigenvalue weighted by Gasteiger charge is 2.35. The lowest BCUT2D eigenvalue weighted by atomic mass is 10.1. The number of allylic oxidation sites excluding steroid dienone is 2. The van der Waals surface area contributed by atoms with Crippen molar-refractivity contribution in [3.05, 3.63) is 76.7 Å². The van der Waals surface area contributed by atoms with Crippen molar-refractivity contribution in [3.63, 3.8) is 0 Å². The summed E-state index contributed by atoms with van der Waals surface area (Å²) in [6.07, 6.45) is 1.66. The molecule has 5 nitrogen and oxygen atoms in total. The van der Waals surface area contributed by atoms with E-state index in [1.54, 1.807) is 13.1 Å². The van der Waals surface area contributed by atoms with E-state index >= 15 is 0 Å². The number of rotatable bonds is 1. The molecule has 0 aromatic heterocycles. The Kier molecular flexibility index (Phi) is 3.26. The molecule has 2 aromatic rings. The first-order chi connectivity index (χ1) is 11.6. The van der Waals surface area contributed by atoms with Crippen LogP contribution in [0.3, 0.4) is 0 Å². The van der Waals surface area contributed by atoms with Gasteiger partial charge in [0.05, 0.1) is 11.4 Å². The number of para-hydroxylation sites is 1. The third kappa shape index (κ3) is 2.06. The number of hydrogen-bond donors (Lipinski definition) is 2. The van der Waals surface area contributed by atoms with Gasteiger partial charge in [0.25, 0.3) is 0 Å². The Morgan fingerprint density at radius 1 is 0.875 bits per heavy atom. The zero-order chi connectivity index (χ0) is 16.8. The minimum atomic E-state index is 0.289. The van der Waals surface area contributed by atoms with Gasteiger partial charge < -0.3 is 0 Å². The number of hydrogen-bond acceptors (Lipinski definition) is 5. The van der Waals surface area contributed by atoms with Crippen molar-refractivity contribution in [2.75, 3.05) is 0 Å². The maximum Gasteiger partial charge on any atom is 0.172 e. The summed E-state index contributed by atoms with van der Waals surface area (Å²) in [5.74, 6) is 0.289. The molecule has 2 aliphatic rings. The van der Waals surface area contributed by atoms with Crippen LogP contribution in [-0.4, -0.2) is 26.8 Å². The monoisotopic (exact) mass is 319 g/mol. The average Bonchev–Trinajstić information content (AvgIpc) is 3.09. The first-order valence-electron chi connectivity index (χ1n) is 7.71. The molecule has 120 valence electrons. The Labute approximate surface area is 140 Å². The van der Waals surface area contributed by atoms with Gasteiger partial charge in [0.15, 0.2) is 5.82 Å². The summed E-state index contributed by atoms with van der Waals surface area (Å²) in [7, 11) is 0. The number of aryl methyl sites for hydroxylation is 1. The minimum absolute atomic E-state index is 0.289. The van der Waals surface area contributed by atoms with Gasteiger partial charge in [0.2, 0.25) is 0 Å². The second-order valence-electron chi connectivity index (χ2n) is 5.94. The van der Waals surface area contributed by atoms with Crippen molar-refractivity contribution in [3.8, 4) is 0 Å². The van der Waals surface area contributed by atoms with Gasteiger partial charge in [-0.15, -0.1) is 0 Å². The van der Waals surface area contributed by atoms with E-state index < -0.39 is 0 Å². The average molecular weight is 319 g/mol. The first kappa shape index (κ1) is 14.7. The molecule has 2 aromatic carbocycles. The van der Waals surface area contributed by atoms with Crippen LogP contribution in [0.1, 0.15) is 23.6 Å². The SMILES string of the molecule is CC1=C(c2ccc(C)cc2)N(O)/C(=C2\C=Nc3ccccc32)N1O.